The van der Waals surface area contributed by atoms with Crippen molar-refractivity contribution in [2.75, 3.05) is 6.54 Å². The second kappa shape index (κ2) is 9.63. The van der Waals surface area contributed by atoms with Crippen LogP contribution in [0.1, 0.15) is 20.8 Å². The summed E-state index contributed by atoms with van der Waals surface area (Å²) >= 11 is 1.46. The standard InChI is InChI=1S/C28H26N4OS/c1-18-7-9-20(10-8-18)25-24(22-11-13-30-27-23(22)12-14-31-27)17-34-26(25)28(33)32-21(16-29)15-19-5-3-2-4-6-19/h2-14,17,21H,15-16,29H2,1H3,(H,30,31)(H,32,33). The Kier molecular flexibility index (Phi) is 6.25. The minimum Gasteiger partial charge on any atom is -0.347 e. The van der Waals surface area contributed by atoms with Crippen molar-refractivity contribution in [1.29, 1.82) is 0 Å². The first-order valence-corrected chi connectivity index (χ1v) is 12.2. The van der Waals surface area contributed by atoms with Crippen molar-refractivity contribution in [3.8, 4) is 22.3 Å². The molecule has 0 saturated heterocycles. The van der Waals surface area contributed by atoms with Crippen LogP contribution in [0.4, 0.5) is 0 Å². The first-order valence-electron chi connectivity index (χ1n) is 11.3. The Morgan fingerprint density at radius 1 is 1.06 bits per heavy atom. The first kappa shape index (κ1) is 22.1. The number of H-pyrrole nitrogens is 1. The van der Waals surface area contributed by atoms with Crippen molar-refractivity contribution in [1.82, 2.24) is 15.3 Å². The van der Waals surface area contributed by atoms with Crippen molar-refractivity contribution in [2.24, 2.45) is 5.73 Å². The normalized spacial score (nSPS) is 12.1. The number of nitrogens with one attached hydrogen (secondary N) is 2. The van der Waals surface area contributed by atoms with E-state index in [2.05, 4.69) is 64.0 Å². The summed E-state index contributed by atoms with van der Waals surface area (Å²) in [6, 6.07) is 22.3. The van der Waals surface area contributed by atoms with E-state index in [9.17, 15) is 4.79 Å². The molecule has 1 atom stereocenters. The van der Waals surface area contributed by atoms with Crippen molar-refractivity contribution in [3.63, 3.8) is 0 Å². The van der Waals surface area contributed by atoms with E-state index in [1.807, 2.05) is 36.5 Å². The number of hydrogen-bond donors (Lipinski definition) is 3. The summed E-state index contributed by atoms with van der Waals surface area (Å²) in [6.45, 7) is 2.43. The topological polar surface area (TPSA) is 83.8 Å². The first-order chi connectivity index (χ1) is 16.6. The molecule has 0 fully saturated rings. The average Bonchev–Trinajstić information content (AvgIpc) is 3.52. The molecule has 6 heteroatoms. The van der Waals surface area contributed by atoms with Crippen LogP contribution in [-0.4, -0.2) is 28.5 Å². The maximum atomic E-state index is 13.5. The molecule has 0 radical (unpaired) electrons. The number of hydrogen-bond acceptors (Lipinski definition) is 4. The van der Waals surface area contributed by atoms with Crippen LogP contribution in [0.25, 0.3) is 33.3 Å². The third kappa shape index (κ3) is 4.38. The Hall–Kier alpha value is -3.74. The van der Waals surface area contributed by atoms with Crippen LogP contribution in [0.15, 0.2) is 84.5 Å². The third-order valence-electron chi connectivity index (χ3n) is 6.03. The molecular weight excluding hydrogens is 440 g/mol. The van der Waals surface area contributed by atoms with E-state index < -0.39 is 0 Å². The molecule has 0 aliphatic carbocycles. The highest BCUT2D eigenvalue weighted by molar-refractivity contribution is 7.13. The Labute approximate surface area is 202 Å². The quantitative estimate of drug-likeness (QED) is 0.293. The molecule has 0 aliphatic rings. The summed E-state index contributed by atoms with van der Waals surface area (Å²) in [5, 5.41) is 6.28. The summed E-state index contributed by atoms with van der Waals surface area (Å²) in [5.74, 6) is -0.0995. The van der Waals surface area contributed by atoms with Crippen molar-refractivity contribution in [3.05, 3.63) is 101 Å². The van der Waals surface area contributed by atoms with Gasteiger partial charge >= 0.3 is 0 Å². The molecule has 3 aromatic heterocycles. The highest BCUT2D eigenvalue weighted by Gasteiger charge is 2.23. The summed E-state index contributed by atoms with van der Waals surface area (Å²) in [5.41, 5.74) is 13.2. The molecular formula is C28H26N4OS. The Bertz CT molecular complexity index is 1420. The molecule has 5 nitrogen and oxygen atoms in total. The molecule has 5 aromatic rings. The van der Waals surface area contributed by atoms with Gasteiger partial charge in [-0.1, -0.05) is 60.2 Å². The number of aryl methyl sites for hydroxylation is 1. The predicted octanol–water partition coefficient (Wildman–Crippen LogP) is 5.57. The summed E-state index contributed by atoms with van der Waals surface area (Å²) in [4.78, 5) is 21.8. The zero-order valence-corrected chi connectivity index (χ0v) is 19.7. The fraction of sp³-hybridized carbons (Fsp3) is 0.143. The van der Waals surface area contributed by atoms with E-state index in [0.717, 1.165) is 38.9 Å². The zero-order valence-electron chi connectivity index (χ0n) is 18.9. The highest BCUT2D eigenvalue weighted by Crippen LogP contribution is 2.41. The summed E-state index contributed by atoms with van der Waals surface area (Å²) in [7, 11) is 0. The van der Waals surface area contributed by atoms with Crippen LogP contribution < -0.4 is 11.1 Å². The summed E-state index contributed by atoms with van der Waals surface area (Å²) < 4.78 is 0. The van der Waals surface area contributed by atoms with Crippen molar-refractivity contribution in [2.45, 2.75) is 19.4 Å². The fourth-order valence-electron chi connectivity index (χ4n) is 4.27. The molecule has 0 spiro atoms. The Morgan fingerprint density at radius 3 is 2.62 bits per heavy atom. The number of nitrogens with two attached hydrogens (primary N) is 1. The van der Waals surface area contributed by atoms with Crippen LogP contribution in [-0.2, 0) is 6.42 Å². The molecule has 4 N–H and O–H groups in total. The Balaban J connectivity index is 1.55. The maximum Gasteiger partial charge on any atom is 0.262 e. The van der Waals surface area contributed by atoms with Gasteiger partial charge in [-0.2, -0.15) is 0 Å². The fourth-order valence-corrected chi connectivity index (χ4v) is 5.26. The molecule has 0 aliphatic heterocycles. The highest BCUT2D eigenvalue weighted by atomic mass is 32.1. The summed E-state index contributed by atoms with van der Waals surface area (Å²) in [6.07, 6.45) is 4.38. The Morgan fingerprint density at radius 2 is 1.85 bits per heavy atom. The second-order valence-electron chi connectivity index (χ2n) is 8.41. The monoisotopic (exact) mass is 466 g/mol. The van der Waals surface area contributed by atoms with E-state index in [4.69, 9.17) is 5.73 Å². The number of thiophene rings is 1. The minimum absolute atomic E-state index is 0.0995. The van der Waals surface area contributed by atoms with Crippen molar-refractivity contribution >= 4 is 28.3 Å². The van der Waals surface area contributed by atoms with Gasteiger partial charge in [0.05, 0.1) is 0 Å². The number of carbonyl (C=O) groups excluding carboxylic acids is 1. The number of carbonyl (C=O) groups is 1. The molecule has 2 aromatic carbocycles. The number of benzene rings is 2. The molecule has 5 rings (SSSR count). The van der Waals surface area contributed by atoms with Gasteiger partial charge in [0.25, 0.3) is 5.91 Å². The van der Waals surface area contributed by atoms with Crippen LogP contribution in [0.2, 0.25) is 0 Å². The van der Waals surface area contributed by atoms with Gasteiger partial charge in [-0.05, 0) is 42.2 Å². The van der Waals surface area contributed by atoms with Gasteiger partial charge in [0.1, 0.15) is 10.5 Å². The average molecular weight is 467 g/mol. The van der Waals surface area contributed by atoms with Gasteiger partial charge in [-0.3, -0.25) is 4.79 Å². The molecule has 0 saturated carbocycles. The van der Waals surface area contributed by atoms with E-state index in [0.29, 0.717) is 17.8 Å². The van der Waals surface area contributed by atoms with E-state index in [1.54, 1.807) is 6.20 Å². The number of fused-ring (bicyclic) bond motifs is 1. The van der Waals surface area contributed by atoms with Gasteiger partial charge in [0.15, 0.2) is 0 Å². The number of pyridine rings is 1. The van der Waals surface area contributed by atoms with Crippen molar-refractivity contribution < 1.29 is 4.79 Å². The van der Waals surface area contributed by atoms with Gasteiger partial charge in [0, 0.05) is 46.9 Å². The van der Waals surface area contributed by atoms with Crippen LogP contribution >= 0.6 is 11.3 Å². The molecule has 1 amide bonds. The van der Waals surface area contributed by atoms with E-state index >= 15 is 0 Å². The molecule has 0 bridgehead atoms. The van der Waals surface area contributed by atoms with Crippen LogP contribution in [0.5, 0.6) is 0 Å². The minimum atomic E-state index is -0.149. The van der Waals surface area contributed by atoms with Crippen LogP contribution in [0, 0.1) is 6.92 Å². The largest absolute Gasteiger partial charge is 0.347 e. The number of amides is 1. The van der Waals surface area contributed by atoms with E-state index in [1.165, 1.54) is 16.9 Å². The lowest BCUT2D eigenvalue weighted by Gasteiger charge is -2.17. The van der Waals surface area contributed by atoms with Gasteiger partial charge in [-0.25, -0.2) is 4.98 Å². The zero-order chi connectivity index (χ0) is 23.5. The van der Waals surface area contributed by atoms with E-state index in [-0.39, 0.29) is 11.9 Å². The van der Waals surface area contributed by atoms with Gasteiger partial charge in [0.2, 0.25) is 0 Å². The maximum absolute atomic E-state index is 13.5. The molecule has 170 valence electrons. The molecule has 1 unspecified atom stereocenters. The SMILES string of the molecule is Cc1ccc(-c2c(-c3ccnc4[nH]ccc34)csc2C(=O)NC(CN)Cc2ccccc2)cc1. The second-order valence-corrected chi connectivity index (χ2v) is 9.29. The molecule has 3 heterocycles. The number of nitrogens with zero attached hydrogens (tertiary/aromatic N) is 1. The van der Waals surface area contributed by atoms with Crippen LogP contribution in [0.3, 0.4) is 0 Å². The smallest absolute Gasteiger partial charge is 0.262 e. The lowest BCUT2D eigenvalue weighted by molar-refractivity contribution is 0.0943. The number of rotatable bonds is 7. The lowest BCUT2D eigenvalue weighted by Crippen LogP contribution is -2.41. The third-order valence-corrected chi connectivity index (χ3v) is 7.01. The number of aromatic amines is 1. The predicted molar refractivity (Wildman–Crippen MR) is 140 cm³/mol. The lowest BCUT2D eigenvalue weighted by atomic mass is 9.95. The molecule has 34 heavy (non-hydrogen) atoms. The number of aromatic nitrogens is 2. The van der Waals surface area contributed by atoms with Gasteiger partial charge in [-0.15, -0.1) is 11.3 Å². The van der Waals surface area contributed by atoms with Gasteiger partial charge < -0.3 is 16.0 Å².